The molecule has 0 radical (unpaired) electrons. The maximum atomic E-state index is 13.8. The van der Waals surface area contributed by atoms with E-state index in [0.29, 0.717) is 11.1 Å². The Morgan fingerprint density at radius 2 is 2.10 bits per heavy atom. The monoisotopic (exact) mass is 289 g/mol. The summed E-state index contributed by atoms with van der Waals surface area (Å²) in [6.45, 7) is 5.24. The molecule has 0 bridgehead atoms. The van der Waals surface area contributed by atoms with Crippen LogP contribution in [0.1, 0.15) is 39.2 Å². The summed E-state index contributed by atoms with van der Waals surface area (Å²) in [7, 11) is 0. The number of benzene rings is 1. The van der Waals surface area contributed by atoms with Gasteiger partial charge in [-0.25, -0.2) is 8.78 Å². The van der Waals surface area contributed by atoms with Crippen LogP contribution in [0.5, 0.6) is 0 Å². The summed E-state index contributed by atoms with van der Waals surface area (Å²) >= 11 is 0. The van der Waals surface area contributed by atoms with Crippen LogP contribution < -0.4 is 0 Å². The first-order chi connectivity index (χ1) is 10.0. The summed E-state index contributed by atoms with van der Waals surface area (Å²) in [6, 6.07) is 6.71. The van der Waals surface area contributed by atoms with E-state index in [1.165, 1.54) is 13.0 Å². The molecule has 1 aromatic carbocycles. The SMILES string of the molecule is C/C=C(\C=C(\C)C(C)F)C1CCC(c2ccccc2F)=N1. The topological polar surface area (TPSA) is 12.4 Å². The molecule has 0 fully saturated rings. The summed E-state index contributed by atoms with van der Waals surface area (Å²) in [4.78, 5) is 4.64. The second-order valence-electron chi connectivity index (χ2n) is 5.40. The van der Waals surface area contributed by atoms with Gasteiger partial charge in [0.2, 0.25) is 0 Å². The molecular formula is C18H21F2N. The van der Waals surface area contributed by atoms with Gasteiger partial charge in [-0.05, 0) is 50.8 Å². The predicted molar refractivity (Wildman–Crippen MR) is 84.0 cm³/mol. The molecule has 112 valence electrons. The molecule has 1 aliphatic heterocycles. The highest BCUT2D eigenvalue weighted by atomic mass is 19.1. The van der Waals surface area contributed by atoms with Gasteiger partial charge in [0.05, 0.1) is 6.04 Å². The molecule has 2 unspecified atom stereocenters. The molecule has 0 saturated heterocycles. The normalized spacial score (nSPS) is 21.4. The largest absolute Gasteiger partial charge is 0.281 e. The average Bonchev–Trinajstić information content (AvgIpc) is 2.94. The fourth-order valence-electron chi connectivity index (χ4n) is 2.48. The molecule has 0 aromatic heterocycles. The first kappa shape index (κ1) is 15.6. The van der Waals surface area contributed by atoms with E-state index in [9.17, 15) is 8.78 Å². The third kappa shape index (κ3) is 3.66. The third-order valence-corrected chi connectivity index (χ3v) is 3.89. The Morgan fingerprint density at radius 3 is 2.71 bits per heavy atom. The molecule has 2 rings (SSSR count). The lowest BCUT2D eigenvalue weighted by molar-refractivity contribution is 0.411. The van der Waals surface area contributed by atoms with E-state index < -0.39 is 6.17 Å². The first-order valence-electron chi connectivity index (χ1n) is 7.33. The summed E-state index contributed by atoms with van der Waals surface area (Å²) in [6.07, 6.45) is 4.46. The average molecular weight is 289 g/mol. The first-order valence-corrected chi connectivity index (χ1v) is 7.33. The molecule has 2 atom stereocenters. The van der Waals surface area contributed by atoms with E-state index in [1.807, 2.05) is 25.1 Å². The van der Waals surface area contributed by atoms with Crippen LogP contribution >= 0.6 is 0 Å². The second-order valence-corrected chi connectivity index (χ2v) is 5.40. The van der Waals surface area contributed by atoms with Crippen molar-refractivity contribution < 1.29 is 8.78 Å². The quantitative estimate of drug-likeness (QED) is 0.689. The molecule has 3 heteroatoms. The lowest BCUT2D eigenvalue weighted by atomic mass is 10.00. The van der Waals surface area contributed by atoms with E-state index in [4.69, 9.17) is 0 Å². The van der Waals surface area contributed by atoms with Crippen molar-refractivity contribution in [3.63, 3.8) is 0 Å². The van der Waals surface area contributed by atoms with Gasteiger partial charge in [-0.2, -0.15) is 0 Å². The highest BCUT2D eigenvalue weighted by Crippen LogP contribution is 2.26. The molecule has 1 aliphatic rings. The van der Waals surface area contributed by atoms with Gasteiger partial charge in [-0.3, -0.25) is 4.99 Å². The zero-order valence-electron chi connectivity index (χ0n) is 12.7. The molecule has 0 amide bonds. The zero-order valence-corrected chi connectivity index (χ0v) is 12.7. The molecule has 21 heavy (non-hydrogen) atoms. The van der Waals surface area contributed by atoms with Gasteiger partial charge in [-0.1, -0.05) is 30.4 Å². The lowest BCUT2D eigenvalue weighted by Gasteiger charge is -2.10. The van der Waals surface area contributed by atoms with Crippen molar-refractivity contribution in [1.29, 1.82) is 0 Å². The van der Waals surface area contributed by atoms with Crippen LogP contribution in [0.15, 0.2) is 52.6 Å². The number of halogens is 2. The van der Waals surface area contributed by atoms with Crippen LogP contribution in [0.2, 0.25) is 0 Å². The highest BCUT2D eigenvalue weighted by molar-refractivity contribution is 6.02. The van der Waals surface area contributed by atoms with Gasteiger partial charge in [-0.15, -0.1) is 0 Å². The molecule has 1 nitrogen and oxygen atoms in total. The Hall–Kier alpha value is -1.77. The predicted octanol–water partition coefficient (Wildman–Crippen LogP) is 5.03. The van der Waals surface area contributed by atoms with E-state index in [1.54, 1.807) is 19.1 Å². The molecule has 0 aliphatic carbocycles. The Labute approximate surface area is 125 Å². The van der Waals surface area contributed by atoms with Crippen molar-refractivity contribution in [2.24, 2.45) is 4.99 Å². The minimum absolute atomic E-state index is 0.00157. The second kappa shape index (κ2) is 6.79. The summed E-state index contributed by atoms with van der Waals surface area (Å²) in [5, 5.41) is 0. The van der Waals surface area contributed by atoms with Crippen LogP contribution in [0, 0.1) is 5.82 Å². The molecule has 0 N–H and O–H groups in total. The Kier molecular flexibility index (Phi) is 5.05. The molecular weight excluding hydrogens is 268 g/mol. The number of hydrogen-bond acceptors (Lipinski definition) is 1. The van der Waals surface area contributed by atoms with Crippen LogP contribution in [0.4, 0.5) is 8.78 Å². The van der Waals surface area contributed by atoms with E-state index in [2.05, 4.69) is 4.99 Å². The lowest BCUT2D eigenvalue weighted by Crippen LogP contribution is -2.04. The van der Waals surface area contributed by atoms with E-state index >= 15 is 0 Å². The standard InChI is InChI=1S/C18H21F2N/c1-4-14(11-12(2)13(3)19)17-9-10-18(21-17)15-7-5-6-8-16(15)20/h4-8,11,13,17H,9-10H2,1-3H3/b12-11-,14-4+. The van der Waals surface area contributed by atoms with Crippen molar-refractivity contribution in [3.8, 4) is 0 Å². The van der Waals surface area contributed by atoms with Crippen molar-refractivity contribution >= 4 is 5.71 Å². The molecule has 0 saturated carbocycles. The van der Waals surface area contributed by atoms with Gasteiger partial charge in [0.25, 0.3) is 0 Å². The highest BCUT2D eigenvalue weighted by Gasteiger charge is 2.22. The Bertz CT molecular complexity index is 597. The third-order valence-electron chi connectivity index (χ3n) is 3.89. The fourth-order valence-corrected chi connectivity index (χ4v) is 2.48. The van der Waals surface area contributed by atoms with Gasteiger partial charge >= 0.3 is 0 Å². The van der Waals surface area contributed by atoms with Crippen molar-refractivity contribution in [1.82, 2.24) is 0 Å². The number of nitrogens with zero attached hydrogens (tertiary/aromatic N) is 1. The van der Waals surface area contributed by atoms with Crippen LogP contribution in [0.3, 0.4) is 0 Å². The molecule has 1 aromatic rings. The van der Waals surface area contributed by atoms with Crippen molar-refractivity contribution in [2.75, 3.05) is 0 Å². The number of hydrogen-bond donors (Lipinski definition) is 0. The number of rotatable bonds is 4. The minimum Gasteiger partial charge on any atom is -0.281 e. The van der Waals surface area contributed by atoms with Crippen molar-refractivity contribution in [3.05, 3.63) is 58.9 Å². The van der Waals surface area contributed by atoms with Gasteiger partial charge in [0.15, 0.2) is 0 Å². The van der Waals surface area contributed by atoms with Crippen LogP contribution in [-0.4, -0.2) is 17.9 Å². The smallest absolute Gasteiger partial charge is 0.132 e. The number of allylic oxidation sites excluding steroid dienone is 2. The van der Waals surface area contributed by atoms with E-state index in [0.717, 1.165) is 24.1 Å². The Morgan fingerprint density at radius 1 is 1.38 bits per heavy atom. The number of alkyl halides is 1. The molecule has 1 heterocycles. The maximum absolute atomic E-state index is 13.8. The van der Waals surface area contributed by atoms with Gasteiger partial charge in [0, 0.05) is 11.3 Å². The van der Waals surface area contributed by atoms with E-state index in [-0.39, 0.29) is 11.9 Å². The summed E-state index contributed by atoms with van der Waals surface area (Å²) in [5.74, 6) is -0.233. The summed E-state index contributed by atoms with van der Waals surface area (Å²) in [5.41, 5.74) is 3.08. The van der Waals surface area contributed by atoms with Gasteiger partial charge in [0.1, 0.15) is 12.0 Å². The van der Waals surface area contributed by atoms with Crippen LogP contribution in [0.25, 0.3) is 0 Å². The van der Waals surface area contributed by atoms with Crippen molar-refractivity contribution in [2.45, 2.75) is 45.8 Å². The number of aliphatic imine (C=N–C) groups is 1. The summed E-state index contributed by atoms with van der Waals surface area (Å²) < 4.78 is 27.1. The minimum atomic E-state index is -0.962. The Balaban J connectivity index is 2.24. The maximum Gasteiger partial charge on any atom is 0.132 e. The van der Waals surface area contributed by atoms with Crippen LogP contribution in [-0.2, 0) is 0 Å². The zero-order chi connectivity index (χ0) is 15.4. The molecule has 0 spiro atoms. The fraction of sp³-hybridized carbons (Fsp3) is 0.389. The van der Waals surface area contributed by atoms with Gasteiger partial charge < -0.3 is 0 Å².